The maximum atomic E-state index is 13.2. The number of amides is 1. The van der Waals surface area contributed by atoms with Crippen LogP contribution >= 0.6 is 0 Å². The number of esters is 1. The lowest BCUT2D eigenvalue weighted by molar-refractivity contribution is -0.142. The quantitative estimate of drug-likeness (QED) is 0.792. The molecule has 0 unspecified atom stereocenters. The zero-order valence-corrected chi connectivity index (χ0v) is 9.53. The molecule has 0 bridgehead atoms. The van der Waals surface area contributed by atoms with Gasteiger partial charge in [0.05, 0.1) is 12.2 Å². The molecule has 0 heterocycles. The Morgan fingerprint density at radius 1 is 1.35 bits per heavy atom. The van der Waals surface area contributed by atoms with E-state index in [1.807, 2.05) is 6.92 Å². The fraction of sp³-hybridized carbons (Fsp3) is 0.333. The standard InChI is InChI=1S/C12H14FNO3/c1-2-7-17-11(15)8-14-12(16)9-5-3-4-6-10(9)13/h3-6H,2,7-8H2,1H3,(H,14,16). The Morgan fingerprint density at radius 3 is 2.71 bits per heavy atom. The molecule has 1 rings (SSSR count). The number of hydrogen-bond acceptors (Lipinski definition) is 3. The van der Waals surface area contributed by atoms with Crippen LogP contribution in [0.25, 0.3) is 0 Å². The van der Waals surface area contributed by atoms with Gasteiger partial charge in [-0.2, -0.15) is 0 Å². The van der Waals surface area contributed by atoms with E-state index in [9.17, 15) is 14.0 Å². The fourth-order valence-corrected chi connectivity index (χ4v) is 1.16. The van der Waals surface area contributed by atoms with Crippen LogP contribution in [0.1, 0.15) is 23.7 Å². The van der Waals surface area contributed by atoms with E-state index in [-0.39, 0.29) is 12.1 Å². The molecule has 5 heteroatoms. The van der Waals surface area contributed by atoms with Gasteiger partial charge in [0, 0.05) is 0 Å². The lowest BCUT2D eigenvalue weighted by atomic mass is 10.2. The van der Waals surface area contributed by atoms with Gasteiger partial charge in [-0.05, 0) is 18.6 Å². The second kappa shape index (κ2) is 6.62. The van der Waals surface area contributed by atoms with Gasteiger partial charge in [-0.25, -0.2) is 4.39 Å². The van der Waals surface area contributed by atoms with Crippen molar-refractivity contribution in [2.24, 2.45) is 0 Å². The first-order valence-corrected chi connectivity index (χ1v) is 5.33. The largest absolute Gasteiger partial charge is 0.464 e. The minimum Gasteiger partial charge on any atom is -0.464 e. The summed E-state index contributed by atoms with van der Waals surface area (Å²) in [5, 5.41) is 2.29. The normalized spacial score (nSPS) is 9.76. The molecule has 0 saturated carbocycles. The summed E-state index contributed by atoms with van der Waals surface area (Å²) < 4.78 is 18.0. The van der Waals surface area contributed by atoms with Crippen molar-refractivity contribution in [3.05, 3.63) is 35.6 Å². The third-order valence-corrected chi connectivity index (χ3v) is 1.98. The third-order valence-electron chi connectivity index (χ3n) is 1.98. The van der Waals surface area contributed by atoms with Crippen LogP contribution in [0.2, 0.25) is 0 Å². The van der Waals surface area contributed by atoms with Crippen LogP contribution in [0.4, 0.5) is 4.39 Å². The number of rotatable bonds is 5. The van der Waals surface area contributed by atoms with E-state index in [0.29, 0.717) is 13.0 Å². The summed E-state index contributed by atoms with van der Waals surface area (Å²) in [6, 6.07) is 5.57. The van der Waals surface area contributed by atoms with E-state index in [1.165, 1.54) is 18.2 Å². The molecular weight excluding hydrogens is 225 g/mol. The Morgan fingerprint density at radius 2 is 2.06 bits per heavy atom. The van der Waals surface area contributed by atoms with Gasteiger partial charge in [-0.1, -0.05) is 19.1 Å². The molecule has 0 spiro atoms. The number of ether oxygens (including phenoxy) is 1. The van der Waals surface area contributed by atoms with E-state index in [4.69, 9.17) is 4.74 Å². The molecule has 0 aromatic heterocycles. The predicted molar refractivity (Wildman–Crippen MR) is 60.0 cm³/mol. The molecule has 0 saturated heterocycles. The first kappa shape index (κ1) is 13.2. The summed E-state index contributed by atoms with van der Waals surface area (Å²) in [7, 11) is 0. The minimum absolute atomic E-state index is 0.0872. The van der Waals surface area contributed by atoms with Gasteiger partial charge in [-0.3, -0.25) is 9.59 Å². The molecule has 0 aliphatic rings. The minimum atomic E-state index is -0.628. The summed E-state index contributed by atoms with van der Waals surface area (Å²) >= 11 is 0. The molecule has 0 aliphatic heterocycles. The molecule has 1 aromatic carbocycles. The average Bonchev–Trinajstić information content (AvgIpc) is 2.34. The van der Waals surface area contributed by atoms with Gasteiger partial charge >= 0.3 is 5.97 Å². The molecule has 0 aliphatic carbocycles. The molecule has 0 atom stereocenters. The molecule has 4 nitrogen and oxygen atoms in total. The molecule has 92 valence electrons. The summed E-state index contributed by atoms with van der Waals surface area (Å²) in [5.74, 6) is -1.78. The molecule has 0 fully saturated rings. The van der Waals surface area contributed by atoms with Crippen LogP contribution in [-0.4, -0.2) is 25.0 Å². The van der Waals surface area contributed by atoms with Crippen LogP contribution in [0.15, 0.2) is 24.3 Å². The average molecular weight is 239 g/mol. The monoisotopic (exact) mass is 239 g/mol. The highest BCUT2D eigenvalue weighted by Crippen LogP contribution is 2.05. The van der Waals surface area contributed by atoms with E-state index in [0.717, 1.165) is 0 Å². The van der Waals surface area contributed by atoms with E-state index >= 15 is 0 Å². The van der Waals surface area contributed by atoms with Crippen LogP contribution in [-0.2, 0) is 9.53 Å². The fourth-order valence-electron chi connectivity index (χ4n) is 1.16. The Balaban J connectivity index is 2.45. The van der Waals surface area contributed by atoms with Crippen molar-refractivity contribution in [2.45, 2.75) is 13.3 Å². The highest BCUT2D eigenvalue weighted by molar-refractivity contribution is 5.96. The van der Waals surface area contributed by atoms with Gasteiger partial charge in [0.2, 0.25) is 0 Å². The first-order chi connectivity index (χ1) is 8.15. The zero-order chi connectivity index (χ0) is 12.7. The van der Waals surface area contributed by atoms with Gasteiger partial charge in [0.1, 0.15) is 12.4 Å². The predicted octanol–water partition coefficient (Wildman–Crippen LogP) is 1.51. The van der Waals surface area contributed by atoms with Gasteiger partial charge in [0.15, 0.2) is 0 Å². The van der Waals surface area contributed by atoms with Crippen molar-refractivity contribution >= 4 is 11.9 Å². The Labute approximate surface area is 98.8 Å². The lowest BCUT2D eigenvalue weighted by Crippen LogP contribution is -2.31. The Hall–Kier alpha value is -1.91. The molecule has 0 radical (unpaired) electrons. The molecule has 17 heavy (non-hydrogen) atoms. The summed E-state index contributed by atoms with van der Waals surface area (Å²) in [4.78, 5) is 22.6. The zero-order valence-electron chi connectivity index (χ0n) is 9.53. The van der Waals surface area contributed by atoms with E-state index in [2.05, 4.69) is 5.32 Å². The maximum Gasteiger partial charge on any atom is 0.325 e. The smallest absolute Gasteiger partial charge is 0.325 e. The number of benzene rings is 1. The van der Waals surface area contributed by atoms with Crippen LogP contribution < -0.4 is 5.32 Å². The topological polar surface area (TPSA) is 55.4 Å². The van der Waals surface area contributed by atoms with E-state index in [1.54, 1.807) is 6.07 Å². The Kier molecular flexibility index (Phi) is 5.13. The summed E-state index contributed by atoms with van der Waals surface area (Å²) in [5.41, 5.74) is -0.0872. The van der Waals surface area contributed by atoms with Crippen molar-refractivity contribution in [3.63, 3.8) is 0 Å². The maximum absolute atomic E-state index is 13.2. The molecule has 1 amide bonds. The number of hydrogen-bond donors (Lipinski definition) is 1. The van der Waals surface area contributed by atoms with Crippen LogP contribution in [0.5, 0.6) is 0 Å². The van der Waals surface area contributed by atoms with Crippen LogP contribution in [0, 0.1) is 5.82 Å². The third kappa shape index (κ3) is 4.22. The van der Waals surface area contributed by atoms with Crippen molar-refractivity contribution in [1.29, 1.82) is 0 Å². The SMILES string of the molecule is CCCOC(=O)CNC(=O)c1ccccc1F. The number of nitrogens with one attached hydrogen (secondary N) is 1. The molecule has 1 aromatic rings. The van der Waals surface area contributed by atoms with E-state index < -0.39 is 17.7 Å². The number of carbonyl (C=O) groups is 2. The highest BCUT2D eigenvalue weighted by Gasteiger charge is 2.12. The molecule has 1 N–H and O–H groups in total. The summed E-state index contributed by atoms with van der Waals surface area (Å²) in [6.45, 7) is 1.92. The number of carbonyl (C=O) groups excluding carboxylic acids is 2. The Bertz CT molecular complexity index is 406. The second-order valence-corrected chi connectivity index (χ2v) is 3.38. The van der Waals surface area contributed by atoms with Gasteiger partial charge < -0.3 is 10.1 Å². The second-order valence-electron chi connectivity index (χ2n) is 3.38. The van der Waals surface area contributed by atoms with Crippen molar-refractivity contribution in [2.75, 3.05) is 13.2 Å². The van der Waals surface area contributed by atoms with Gasteiger partial charge in [-0.15, -0.1) is 0 Å². The summed E-state index contributed by atoms with van der Waals surface area (Å²) in [6.07, 6.45) is 0.715. The van der Waals surface area contributed by atoms with Crippen molar-refractivity contribution < 1.29 is 18.7 Å². The van der Waals surface area contributed by atoms with Crippen molar-refractivity contribution in [1.82, 2.24) is 5.32 Å². The number of halogens is 1. The lowest BCUT2D eigenvalue weighted by Gasteiger charge is -2.06. The van der Waals surface area contributed by atoms with Gasteiger partial charge in [0.25, 0.3) is 5.91 Å². The van der Waals surface area contributed by atoms with Crippen molar-refractivity contribution in [3.8, 4) is 0 Å². The molecular formula is C12H14FNO3. The first-order valence-electron chi connectivity index (χ1n) is 5.33. The highest BCUT2D eigenvalue weighted by atomic mass is 19.1. The van der Waals surface area contributed by atoms with Crippen LogP contribution in [0.3, 0.4) is 0 Å².